The van der Waals surface area contributed by atoms with E-state index in [1.807, 2.05) is 6.92 Å². The number of phenols is 1. The first-order chi connectivity index (χ1) is 8.61. The van der Waals surface area contributed by atoms with E-state index in [1.165, 1.54) is 0 Å². The summed E-state index contributed by atoms with van der Waals surface area (Å²) in [4.78, 5) is 11.4. The van der Waals surface area contributed by atoms with Crippen molar-refractivity contribution in [3.05, 3.63) is 24.3 Å². The van der Waals surface area contributed by atoms with Crippen molar-refractivity contribution >= 4 is 5.97 Å². The molecule has 1 aromatic rings. The van der Waals surface area contributed by atoms with E-state index >= 15 is 0 Å². The van der Waals surface area contributed by atoms with Crippen LogP contribution in [0.5, 0.6) is 11.5 Å². The van der Waals surface area contributed by atoms with Crippen LogP contribution in [0.3, 0.4) is 0 Å². The molecule has 4 heteroatoms. The minimum absolute atomic E-state index is 0.182. The molecule has 0 unspecified atom stereocenters. The summed E-state index contributed by atoms with van der Waals surface area (Å²) in [5.74, 6) is 0.657. The molecule has 1 aromatic carbocycles. The van der Waals surface area contributed by atoms with Crippen LogP contribution in [0.2, 0.25) is 0 Å². The van der Waals surface area contributed by atoms with E-state index in [0.717, 1.165) is 12.8 Å². The Kier molecular flexibility index (Phi) is 6.05. The van der Waals surface area contributed by atoms with Gasteiger partial charge >= 0.3 is 5.97 Å². The zero-order chi connectivity index (χ0) is 13.4. The first-order valence-electron chi connectivity index (χ1n) is 6.23. The quantitative estimate of drug-likeness (QED) is 0.758. The first kappa shape index (κ1) is 14.4. The molecule has 0 aliphatic carbocycles. The van der Waals surface area contributed by atoms with Crippen molar-refractivity contribution in [2.45, 2.75) is 39.2 Å². The van der Waals surface area contributed by atoms with Crippen molar-refractivity contribution in [2.24, 2.45) is 0 Å². The molecule has 0 radical (unpaired) electrons. The van der Waals surface area contributed by atoms with Gasteiger partial charge in [-0.1, -0.05) is 13.3 Å². The van der Waals surface area contributed by atoms with Crippen LogP contribution in [0.25, 0.3) is 0 Å². The molecule has 18 heavy (non-hydrogen) atoms. The number of hydrogen-bond donors (Lipinski definition) is 1. The van der Waals surface area contributed by atoms with Crippen LogP contribution in [-0.4, -0.2) is 23.8 Å². The van der Waals surface area contributed by atoms with E-state index < -0.39 is 0 Å². The van der Waals surface area contributed by atoms with Gasteiger partial charge in [0.15, 0.2) is 0 Å². The first-order valence-corrected chi connectivity index (χ1v) is 6.23. The van der Waals surface area contributed by atoms with Gasteiger partial charge in [-0.2, -0.15) is 0 Å². The second-order valence-corrected chi connectivity index (χ2v) is 4.21. The third kappa shape index (κ3) is 5.57. The van der Waals surface area contributed by atoms with Gasteiger partial charge in [0.2, 0.25) is 0 Å². The molecule has 0 bridgehead atoms. The second-order valence-electron chi connectivity index (χ2n) is 4.21. The summed E-state index contributed by atoms with van der Waals surface area (Å²) in [7, 11) is 0. The predicted molar refractivity (Wildman–Crippen MR) is 68.7 cm³/mol. The normalized spacial score (nSPS) is 11.9. The van der Waals surface area contributed by atoms with E-state index in [2.05, 4.69) is 0 Å². The van der Waals surface area contributed by atoms with Gasteiger partial charge in [0.1, 0.15) is 24.2 Å². The lowest BCUT2D eigenvalue weighted by Gasteiger charge is -2.14. The molecule has 1 rings (SSSR count). The molecule has 0 saturated carbocycles. The topological polar surface area (TPSA) is 55.8 Å². The number of rotatable bonds is 7. The van der Waals surface area contributed by atoms with Gasteiger partial charge < -0.3 is 14.6 Å². The second kappa shape index (κ2) is 7.58. The zero-order valence-corrected chi connectivity index (χ0v) is 10.9. The Morgan fingerprint density at radius 1 is 1.33 bits per heavy atom. The lowest BCUT2D eigenvalue weighted by Crippen LogP contribution is -2.21. The minimum Gasteiger partial charge on any atom is -0.508 e. The highest BCUT2D eigenvalue weighted by Gasteiger charge is 2.09. The minimum atomic E-state index is -0.275. The van der Waals surface area contributed by atoms with Gasteiger partial charge in [0, 0.05) is 6.42 Å². The molecule has 0 amide bonds. The van der Waals surface area contributed by atoms with Gasteiger partial charge in [-0.05, 0) is 37.6 Å². The molecule has 0 heterocycles. The summed E-state index contributed by atoms with van der Waals surface area (Å²) in [6.45, 7) is 4.14. The summed E-state index contributed by atoms with van der Waals surface area (Å²) in [6, 6.07) is 6.43. The Labute approximate surface area is 108 Å². The van der Waals surface area contributed by atoms with Crippen LogP contribution in [-0.2, 0) is 9.53 Å². The molecule has 0 fully saturated rings. The number of hydrogen-bond acceptors (Lipinski definition) is 4. The smallest absolute Gasteiger partial charge is 0.306 e. The zero-order valence-electron chi connectivity index (χ0n) is 10.9. The summed E-state index contributed by atoms with van der Waals surface area (Å²) in [5, 5.41) is 9.11. The Morgan fingerprint density at radius 2 is 2.00 bits per heavy atom. The third-order valence-electron chi connectivity index (χ3n) is 2.39. The molecular formula is C14H20O4. The molecule has 0 aliphatic rings. The highest BCUT2D eigenvalue weighted by atomic mass is 16.6. The highest BCUT2D eigenvalue weighted by molar-refractivity contribution is 5.69. The number of ether oxygens (including phenoxy) is 2. The summed E-state index contributed by atoms with van der Waals surface area (Å²) >= 11 is 0. The Balaban J connectivity index is 2.26. The Hall–Kier alpha value is -1.71. The predicted octanol–water partition coefficient (Wildman–Crippen LogP) is 2.89. The highest BCUT2D eigenvalue weighted by Crippen LogP contribution is 2.16. The average molecular weight is 252 g/mol. The third-order valence-corrected chi connectivity index (χ3v) is 2.39. The lowest BCUT2D eigenvalue weighted by atomic mass is 10.2. The lowest BCUT2D eigenvalue weighted by molar-refractivity contribution is -0.149. The number of benzene rings is 1. The molecule has 4 nitrogen and oxygen atoms in total. The van der Waals surface area contributed by atoms with Crippen LogP contribution in [0.15, 0.2) is 24.3 Å². The van der Waals surface area contributed by atoms with Crippen LogP contribution in [0.1, 0.15) is 33.1 Å². The fourth-order valence-electron chi connectivity index (χ4n) is 1.39. The van der Waals surface area contributed by atoms with Crippen LogP contribution in [0, 0.1) is 0 Å². The maximum atomic E-state index is 11.4. The van der Waals surface area contributed by atoms with Gasteiger partial charge in [-0.3, -0.25) is 4.79 Å². The largest absolute Gasteiger partial charge is 0.508 e. The monoisotopic (exact) mass is 252 g/mol. The van der Waals surface area contributed by atoms with Crippen molar-refractivity contribution in [1.82, 2.24) is 0 Å². The number of aromatic hydroxyl groups is 1. The number of phenolic OH excluding ortho intramolecular Hbond substituents is 1. The fourth-order valence-corrected chi connectivity index (χ4v) is 1.39. The van der Waals surface area contributed by atoms with E-state index in [-0.39, 0.29) is 17.8 Å². The number of esters is 1. The van der Waals surface area contributed by atoms with Crippen LogP contribution < -0.4 is 4.74 Å². The van der Waals surface area contributed by atoms with Crippen molar-refractivity contribution in [2.75, 3.05) is 6.61 Å². The molecule has 0 aliphatic heterocycles. The summed E-state index contributed by atoms with van der Waals surface area (Å²) in [5.41, 5.74) is 0. The van der Waals surface area contributed by atoms with Gasteiger partial charge in [0.25, 0.3) is 0 Å². The summed E-state index contributed by atoms with van der Waals surface area (Å²) < 4.78 is 10.6. The van der Waals surface area contributed by atoms with Crippen molar-refractivity contribution in [1.29, 1.82) is 0 Å². The van der Waals surface area contributed by atoms with Gasteiger partial charge in [-0.25, -0.2) is 0 Å². The molecule has 0 aromatic heterocycles. The molecule has 1 atom stereocenters. The Bertz CT molecular complexity index is 359. The number of unbranched alkanes of at least 4 members (excludes halogenated alkanes) is 1. The van der Waals surface area contributed by atoms with E-state index in [4.69, 9.17) is 14.6 Å². The van der Waals surface area contributed by atoms with Gasteiger partial charge in [-0.15, -0.1) is 0 Å². The molecule has 1 N–H and O–H groups in total. The van der Waals surface area contributed by atoms with E-state index in [0.29, 0.717) is 18.8 Å². The molecule has 100 valence electrons. The van der Waals surface area contributed by atoms with Crippen molar-refractivity contribution in [3.63, 3.8) is 0 Å². The standard InChI is InChI=1S/C14H20O4/c1-3-4-5-14(16)18-11(2)10-17-13-8-6-12(15)7-9-13/h6-9,11,15H,3-5,10H2,1-2H3/t11-/m0/s1. The average Bonchev–Trinajstić information content (AvgIpc) is 2.35. The van der Waals surface area contributed by atoms with Crippen molar-refractivity contribution in [3.8, 4) is 11.5 Å². The molecule has 0 spiro atoms. The number of carbonyl (C=O) groups is 1. The molecule has 0 saturated heterocycles. The van der Waals surface area contributed by atoms with Crippen LogP contribution in [0.4, 0.5) is 0 Å². The maximum Gasteiger partial charge on any atom is 0.306 e. The van der Waals surface area contributed by atoms with E-state index in [1.54, 1.807) is 31.2 Å². The SMILES string of the molecule is CCCCC(=O)O[C@@H](C)COc1ccc(O)cc1. The fraction of sp³-hybridized carbons (Fsp3) is 0.500. The van der Waals surface area contributed by atoms with E-state index in [9.17, 15) is 4.79 Å². The van der Waals surface area contributed by atoms with Crippen LogP contribution >= 0.6 is 0 Å². The summed E-state index contributed by atoms with van der Waals surface area (Å²) in [6.07, 6.45) is 2.01. The van der Waals surface area contributed by atoms with Gasteiger partial charge in [0.05, 0.1) is 0 Å². The maximum absolute atomic E-state index is 11.4. The Morgan fingerprint density at radius 3 is 2.61 bits per heavy atom. The molecular weight excluding hydrogens is 232 g/mol. The van der Waals surface area contributed by atoms with Crippen molar-refractivity contribution < 1.29 is 19.4 Å². The number of carbonyl (C=O) groups excluding carboxylic acids is 1.